The standard InChI is InChI=1S/C18H25BrN2O/c1-13(2)21-7-5-17(6-8-21)20-11-14-9-15-10-16(19)3-4-18(15)22-12-14/h3-4,9-10,13,17,20H,5-8,11-12H2,1-2H3. The number of hydrogen-bond acceptors (Lipinski definition) is 3. The van der Waals surface area contributed by atoms with Crippen LogP contribution in [0.1, 0.15) is 32.3 Å². The van der Waals surface area contributed by atoms with Crippen LogP contribution in [0.3, 0.4) is 0 Å². The largest absolute Gasteiger partial charge is 0.489 e. The molecule has 3 nitrogen and oxygen atoms in total. The maximum atomic E-state index is 5.84. The van der Waals surface area contributed by atoms with Crippen molar-refractivity contribution in [2.24, 2.45) is 0 Å². The van der Waals surface area contributed by atoms with E-state index in [0.717, 1.165) is 16.8 Å². The first-order valence-electron chi connectivity index (χ1n) is 8.21. The number of nitrogens with zero attached hydrogens (tertiary/aromatic N) is 1. The Hall–Kier alpha value is -0.840. The average Bonchev–Trinajstić information content (AvgIpc) is 2.53. The van der Waals surface area contributed by atoms with Gasteiger partial charge in [0, 0.05) is 28.7 Å². The van der Waals surface area contributed by atoms with Crippen LogP contribution in [0.25, 0.3) is 6.08 Å². The van der Waals surface area contributed by atoms with Crippen molar-refractivity contribution in [3.8, 4) is 5.75 Å². The van der Waals surface area contributed by atoms with E-state index in [1.54, 1.807) is 0 Å². The first-order valence-corrected chi connectivity index (χ1v) is 9.00. The van der Waals surface area contributed by atoms with Crippen molar-refractivity contribution in [1.82, 2.24) is 10.2 Å². The number of fused-ring (bicyclic) bond motifs is 1. The lowest BCUT2D eigenvalue weighted by Crippen LogP contribution is -2.45. The minimum atomic E-state index is 0.639. The second kappa shape index (κ2) is 7.16. The molecule has 2 heterocycles. The number of likely N-dealkylation sites (tertiary alicyclic amines) is 1. The van der Waals surface area contributed by atoms with Crippen molar-refractivity contribution in [2.75, 3.05) is 26.2 Å². The van der Waals surface area contributed by atoms with Gasteiger partial charge in [-0.3, -0.25) is 0 Å². The summed E-state index contributed by atoms with van der Waals surface area (Å²) in [4.78, 5) is 2.56. The molecule has 1 fully saturated rings. The van der Waals surface area contributed by atoms with E-state index in [0.29, 0.717) is 18.7 Å². The fraction of sp³-hybridized carbons (Fsp3) is 0.556. The highest BCUT2D eigenvalue weighted by Gasteiger charge is 2.21. The Labute approximate surface area is 141 Å². The highest BCUT2D eigenvalue weighted by molar-refractivity contribution is 9.10. The monoisotopic (exact) mass is 364 g/mol. The van der Waals surface area contributed by atoms with Gasteiger partial charge in [0.05, 0.1) is 0 Å². The number of ether oxygens (including phenoxy) is 1. The lowest BCUT2D eigenvalue weighted by atomic mass is 10.0. The van der Waals surface area contributed by atoms with Gasteiger partial charge < -0.3 is 15.0 Å². The summed E-state index contributed by atoms with van der Waals surface area (Å²) >= 11 is 3.52. The van der Waals surface area contributed by atoms with Gasteiger partial charge in [-0.1, -0.05) is 15.9 Å². The summed E-state index contributed by atoms with van der Waals surface area (Å²) in [6.45, 7) is 8.62. The molecule has 4 heteroatoms. The van der Waals surface area contributed by atoms with Gasteiger partial charge in [-0.25, -0.2) is 0 Å². The molecule has 120 valence electrons. The quantitative estimate of drug-likeness (QED) is 0.881. The van der Waals surface area contributed by atoms with Crippen LogP contribution in [-0.4, -0.2) is 43.2 Å². The van der Waals surface area contributed by atoms with Gasteiger partial charge in [0.2, 0.25) is 0 Å². The minimum absolute atomic E-state index is 0.639. The van der Waals surface area contributed by atoms with Gasteiger partial charge >= 0.3 is 0 Å². The molecule has 1 aromatic rings. The summed E-state index contributed by atoms with van der Waals surface area (Å²) in [7, 11) is 0. The predicted molar refractivity (Wildman–Crippen MR) is 95.3 cm³/mol. The smallest absolute Gasteiger partial charge is 0.127 e. The van der Waals surface area contributed by atoms with Crippen molar-refractivity contribution in [1.29, 1.82) is 0 Å². The van der Waals surface area contributed by atoms with E-state index in [9.17, 15) is 0 Å². The highest BCUT2D eigenvalue weighted by atomic mass is 79.9. The molecular formula is C18H25BrN2O. The Bertz CT molecular complexity index is 548. The Balaban J connectivity index is 1.52. The number of hydrogen-bond donors (Lipinski definition) is 1. The van der Waals surface area contributed by atoms with E-state index in [-0.39, 0.29) is 0 Å². The number of nitrogens with one attached hydrogen (secondary N) is 1. The molecule has 1 aromatic carbocycles. The molecule has 3 rings (SSSR count). The molecule has 0 saturated carbocycles. The Kier molecular flexibility index (Phi) is 5.21. The number of benzene rings is 1. The average molecular weight is 365 g/mol. The molecule has 1 N–H and O–H groups in total. The molecule has 2 aliphatic heterocycles. The van der Waals surface area contributed by atoms with Crippen LogP contribution in [0, 0.1) is 0 Å². The molecule has 0 amide bonds. The van der Waals surface area contributed by atoms with Gasteiger partial charge in [0.15, 0.2) is 0 Å². The zero-order valence-corrected chi connectivity index (χ0v) is 15.0. The fourth-order valence-corrected chi connectivity index (χ4v) is 3.57. The third-order valence-corrected chi connectivity index (χ3v) is 5.12. The topological polar surface area (TPSA) is 24.5 Å². The molecule has 1 saturated heterocycles. The lowest BCUT2D eigenvalue weighted by molar-refractivity contribution is 0.162. The van der Waals surface area contributed by atoms with Crippen LogP contribution in [0.2, 0.25) is 0 Å². The molecule has 0 aromatic heterocycles. The molecule has 0 unspecified atom stereocenters. The number of rotatable bonds is 4. The molecule has 0 bridgehead atoms. The second-order valence-electron chi connectivity index (χ2n) is 6.56. The van der Waals surface area contributed by atoms with E-state index >= 15 is 0 Å². The van der Waals surface area contributed by atoms with Gasteiger partial charge in [-0.2, -0.15) is 0 Å². The van der Waals surface area contributed by atoms with Crippen molar-refractivity contribution in [3.05, 3.63) is 33.8 Å². The van der Waals surface area contributed by atoms with Crippen LogP contribution in [0.15, 0.2) is 28.2 Å². The van der Waals surface area contributed by atoms with E-state index in [1.165, 1.54) is 37.1 Å². The molecule has 0 aliphatic carbocycles. The first-order chi connectivity index (χ1) is 10.6. The summed E-state index contributed by atoms with van der Waals surface area (Å²) in [5.41, 5.74) is 2.50. The SMILES string of the molecule is CC(C)N1CCC(NCC2=Cc3cc(Br)ccc3OC2)CC1. The fourth-order valence-electron chi connectivity index (χ4n) is 3.19. The van der Waals surface area contributed by atoms with Crippen LogP contribution in [0.4, 0.5) is 0 Å². The Morgan fingerprint density at radius 2 is 2.09 bits per heavy atom. The zero-order chi connectivity index (χ0) is 15.5. The first kappa shape index (κ1) is 16.0. The molecule has 0 radical (unpaired) electrons. The van der Waals surface area contributed by atoms with Crippen molar-refractivity contribution in [3.63, 3.8) is 0 Å². The number of halogens is 1. The van der Waals surface area contributed by atoms with E-state index in [4.69, 9.17) is 4.74 Å². The third kappa shape index (κ3) is 3.92. The Morgan fingerprint density at radius 1 is 1.32 bits per heavy atom. The van der Waals surface area contributed by atoms with Gasteiger partial charge in [0.25, 0.3) is 0 Å². The highest BCUT2D eigenvalue weighted by Crippen LogP contribution is 2.29. The van der Waals surface area contributed by atoms with Crippen molar-refractivity contribution in [2.45, 2.75) is 38.8 Å². The summed E-state index contributed by atoms with van der Waals surface area (Å²) < 4.78 is 6.94. The third-order valence-electron chi connectivity index (χ3n) is 4.62. The predicted octanol–water partition coefficient (Wildman–Crippen LogP) is 3.69. The minimum Gasteiger partial charge on any atom is -0.489 e. The summed E-state index contributed by atoms with van der Waals surface area (Å²) in [6, 6.07) is 7.49. The maximum absolute atomic E-state index is 5.84. The van der Waals surface area contributed by atoms with Gasteiger partial charge in [0.1, 0.15) is 12.4 Å². The van der Waals surface area contributed by atoms with E-state index < -0.39 is 0 Å². The van der Waals surface area contributed by atoms with Crippen molar-refractivity contribution < 1.29 is 4.74 Å². The molecular weight excluding hydrogens is 340 g/mol. The van der Waals surface area contributed by atoms with Crippen LogP contribution in [0.5, 0.6) is 5.75 Å². The maximum Gasteiger partial charge on any atom is 0.127 e. The molecule has 22 heavy (non-hydrogen) atoms. The lowest BCUT2D eigenvalue weighted by Gasteiger charge is -2.35. The van der Waals surface area contributed by atoms with Gasteiger partial charge in [-0.15, -0.1) is 0 Å². The molecule has 0 atom stereocenters. The molecule has 0 spiro atoms. The van der Waals surface area contributed by atoms with Crippen molar-refractivity contribution >= 4 is 22.0 Å². The van der Waals surface area contributed by atoms with Crippen LogP contribution < -0.4 is 10.1 Å². The summed E-state index contributed by atoms with van der Waals surface area (Å²) in [5, 5.41) is 3.71. The Morgan fingerprint density at radius 3 is 2.82 bits per heavy atom. The van der Waals surface area contributed by atoms with Crippen LogP contribution in [-0.2, 0) is 0 Å². The summed E-state index contributed by atoms with van der Waals surface area (Å²) in [6.07, 6.45) is 4.75. The zero-order valence-electron chi connectivity index (χ0n) is 13.4. The van der Waals surface area contributed by atoms with E-state index in [1.807, 2.05) is 12.1 Å². The normalized spacial score (nSPS) is 19.7. The van der Waals surface area contributed by atoms with Gasteiger partial charge in [-0.05, 0) is 69.6 Å². The van der Waals surface area contributed by atoms with Crippen LogP contribution >= 0.6 is 15.9 Å². The number of piperidine rings is 1. The second-order valence-corrected chi connectivity index (χ2v) is 7.47. The van der Waals surface area contributed by atoms with E-state index in [2.05, 4.69) is 52.1 Å². The summed E-state index contributed by atoms with van der Waals surface area (Å²) in [5.74, 6) is 0.984. The molecule has 2 aliphatic rings.